The Morgan fingerprint density at radius 3 is 2.36 bits per heavy atom. The highest BCUT2D eigenvalue weighted by molar-refractivity contribution is 5.80. The number of amides is 1. The predicted molar refractivity (Wildman–Crippen MR) is 46.1 cm³/mol. The third-order valence-corrected chi connectivity index (χ3v) is 1.59. The van der Waals surface area contributed by atoms with Crippen LogP contribution in [0.4, 0.5) is 0 Å². The summed E-state index contributed by atoms with van der Waals surface area (Å²) in [5.74, 6) is 0.0208. The van der Waals surface area contributed by atoms with E-state index in [1.165, 1.54) is 0 Å². The first-order valence-electron chi connectivity index (χ1n) is 4.12. The lowest BCUT2D eigenvalue weighted by Gasteiger charge is -2.18. The molecule has 0 aromatic rings. The molecule has 0 aliphatic carbocycles. The van der Waals surface area contributed by atoms with Crippen molar-refractivity contribution in [3.8, 4) is 0 Å². The second-order valence-electron chi connectivity index (χ2n) is 3.08. The molecule has 3 nitrogen and oxygen atoms in total. The van der Waals surface area contributed by atoms with E-state index in [9.17, 15) is 4.79 Å². The van der Waals surface area contributed by atoms with Crippen LogP contribution in [-0.4, -0.2) is 18.5 Å². The van der Waals surface area contributed by atoms with E-state index in [0.29, 0.717) is 0 Å². The normalized spacial score (nSPS) is 13.5. The van der Waals surface area contributed by atoms with Crippen LogP contribution in [0.25, 0.3) is 0 Å². The van der Waals surface area contributed by atoms with Crippen LogP contribution in [0.5, 0.6) is 0 Å². The van der Waals surface area contributed by atoms with E-state index in [-0.39, 0.29) is 17.9 Å². The van der Waals surface area contributed by atoms with Gasteiger partial charge >= 0.3 is 0 Å². The average molecular weight is 158 g/mol. The van der Waals surface area contributed by atoms with Gasteiger partial charge in [0.25, 0.3) is 0 Å². The minimum atomic E-state index is -0.256. The molecule has 0 fully saturated rings. The van der Waals surface area contributed by atoms with Crippen molar-refractivity contribution in [1.29, 1.82) is 0 Å². The maximum absolute atomic E-state index is 10.8. The van der Waals surface area contributed by atoms with E-state index >= 15 is 0 Å². The van der Waals surface area contributed by atoms with Gasteiger partial charge in [0.15, 0.2) is 0 Å². The Hall–Kier alpha value is -0.570. The zero-order valence-electron chi connectivity index (χ0n) is 7.55. The molecule has 0 bridgehead atoms. The second kappa shape index (κ2) is 5.13. The van der Waals surface area contributed by atoms with Gasteiger partial charge in [-0.15, -0.1) is 0 Å². The van der Waals surface area contributed by atoms with Gasteiger partial charge < -0.3 is 11.1 Å². The van der Waals surface area contributed by atoms with E-state index < -0.39 is 0 Å². The molecule has 1 amide bonds. The maximum atomic E-state index is 10.8. The van der Waals surface area contributed by atoms with Gasteiger partial charge in [-0.2, -0.15) is 0 Å². The van der Waals surface area contributed by atoms with Crippen molar-refractivity contribution in [3.05, 3.63) is 0 Å². The summed E-state index contributed by atoms with van der Waals surface area (Å²) < 4.78 is 0. The van der Waals surface area contributed by atoms with E-state index in [0.717, 1.165) is 13.0 Å². The average Bonchev–Trinajstić information content (AvgIpc) is 1.87. The summed E-state index contributed by atoms with van der Waals surface area (Å²) in [5, 5.41) is 3.09. The largest absolute Gasteiger partial charge is 0.368 e. The number of hydrogen-bond donors (Lipinski definition) is 2. The van der Waals surface area contributed by atoms with Crippen LogP contribution < -0.4 is 11.1 Å². The zero-order valence-corrected chi connectivity index (χ0v) is 7.55. The van der Waals surface area contributed by atoms with Crippen molar-refractivity contribution in [2.75, 3.05) is 6.54 Å². The molecule has 0 aromatic heterocycles. The third-order valence-electron chi connectivity index (χ3n) is 1.59. The van der Waals surface area contributed by atoms with Gasteiger partial charge in [0, 0.05) is 0 Å². The molecule has 0 heterocycles. The standard InChI is InChI=1S/C8H18N2O/c1-4-5-10-7(6(2)3)8(9)11/h6-7,10H,4-5H2,1-3H3,(H2,9,11). The zero-order chi connectivity index (χ0) is 8.85. The fourth-order valence-corrected chi connectivity index (χ4v) is 0.965. The van der Waals surface area contributed by atoms with Gasteiger partial charge in [-0.3, -0.25) is 4.79 Å². The van der Waals surface area contributed by atoms with Gasteiger partial charge in [-0.05, 0) is 18.9 Å². The summed E-state index contributed by atoms with van der Waals surface area (Å²) in [5.41, 5.74) is 5.18. The predicted octanol–water partition coefficient (Wildman–Crippen LogP) is 0.496. The highest BCUT2D eigenvalue weighted by atomic mass is 16.1. The molecule has 0 saturated carbocycles. The molecule has 0 saturated heterocycles. The second-order valence-corrected chi connectivity index (χ2v) is 3.08. The van der Waals surface area contributed by atoms with Gasteiger partial charge in [0.2, 0.25) is 5.91 Å². The number of nitrogens with one attached hydrogen (secondary N) is 1. The van der Waals surface area contributed by atoms with Crippen molar-refractivity contribution < 1.29 is 4.79 Å². The van der Waals surface area contributed by atoms with Crippen LogP contribution in [0.1, 0.15) is 27.2 Å². The lowest BCUT2D eigenvalue weighted by atomic mass is 10.0. The Labute approximate surface area is 68.3 Å². The Morgan fingerprint density at radius 2 is 2.09 bits per heavy atom. The molecule has 0 aromatic carbocycles. The highest BCUT2D eigenvalue weighted by Crippen LogP contribution is 1.99. The summed E-state index contributed by atoms with van der Waals surface area (Å²) in [6.07, 6.45) is 1.02. The number of rotatable bonds is 5. The SMILES string of the molecule is CCCNC(C(N)=O)C(C)C. The van der Waals surface area contributed by atoms with Crippen molar-refractivity contribution in [2.24, 2.45) is 11.7 Å². The maximum Gasteiger partial charge on any atom is 0.234 e. The molecule has 0 aliphatic rings. The lowest BCUT2D eigenvalue weighted by molar-refractivity contribution is -0.120. The fourth-order valence-electron chi connectivity index (χ4n) is 0.965. The minimum absolute atomic E-state index is 0.171. The van der Waals surface area contributed by atoms with E-state index in [1.54, 1.807) is 0 Å². The van der Waals surface area contributed by atoms with Gasteiger partial charge in [-0.25, -0.2) is 0 Å². The Balaban J connectivity index is 3.80. The first-order chi connectivity index (χ1) is 5.09. The number of carbonyl (C=O) groups excluding carboxylic acids is 1. The third kappa shape index (κ3) is 3.98. The highest BCUT2D eigenvalue weighted by Gasteiger charge is 2.17. The molecule has 1 atom stereocenters. The van der Waals surface area contributed by atoms with Crippen LogP contribution in [-0.2, 0) is 4.79 Å². The molecule has 66 valence electrons. The summed E-state index contributed by atoms with van der Waals surface area (Å²) in [4.78, 5) is 10.8. The minimum Gasteiger partial charge on any atom is -0.368 e. The molecular weight excluding hydrogens is 140 g/mol. The van der Waals surface area contributed by atoms with Crippen molar-refractivity contribution in [1.82, 2.24) is 5.32 Å². The molecule has 0 spiro atoms. The molecule has 0 aliphatic heterocycles. The number of primary amides is 1. The fraction of sp³-hybridized carbons (Fsp3) is 0.875. The summed E-state index contributed by atoms with van der Waals surface area (Å²) in [6.45, 7) is 6.88. The van der Waals surface area contributed by atoms with Crippen molar-refractivity contribution >= 4 is 5.91 Å². The number of nitrogens with two attached hydrogens (primary N) is 1. The first-order valence-corrected chi connectivity index (χ1v) is 4.12. The molecule has 3 heteroatoms. The smallest absolute Gasteiger partial charge is 0.234 e. The Kier molecular flexibility index (Phi) is 4.86. The van der Waals surface area contributed by atoms with Gasteiger partial charge in [0.1, 0.15) is 0 Å². The Morgan fingerprint density at radius 1 is 1.55 bits per heavy atom. The molecule has 0 radical (unpaired) electrons. The lowest BCUT2D eigenvalue weighted by Crippen LogP contribution is -2.45. The summed E-state index contributed by atoms with van der Waals surface area (Å²) in [6, 6.07) is -0.171. The van der Waals surface area contributed by atoms with Crippen LogP contribution in [0.15, 0.2) is 0 Å². The number of hydrogen-bond acceptors (Lipinski definition) is 2. The van der Waals surface area contributed by atoms with E-state index in [4.69, 9.17) is 5.73 Å². The van der Waals surface area contributed by atoms with Crippen LogP contribution in [0.3, 0.4) is 0 Å². The topological polar surface area (TPSA) is 55.1 Å². The summed E-state index contributed by atoms with van der Waals surface area (Å²) in [7, 11) is 0. The van der Waals surface area contributed by atoms with E-state index in [2.05, 4.69) is 12.2 Å². The summed E-state index contributed by atoms with van der Waals surface area (Å²) >= 11 is 0. The van der Waals surface area contributed by atoms with Crippen LogP contribution >= 0.6 is 0 Å². The van der Waals surface area contributed by atoms with Crippen LogP contribution in [0.2, 0.25) is 0 Å². The van der Waals surface area contributed by atoms with Gasteiger partial charge in [-0.1, -0.05) is 20.8 Å². The molecule has 0 rings (SSSR count). The van der Waals surface area contributed by atoms with Crippen molar-refractivity contribution in [3.63, 3.8) is 0 Å². The number of carbonyl (C=O) groups is 1. The first kappa shape index (κ1) is 10.4. The molecule has 1 unspecified atom stereocenters. The quantitative estimate of drug-likeness (QED) is 0.612. The van der Waals surface area contributed by atoms with Gasteiger partial charge in [0.05, 0.1) is 6.04 Å². The Bertz CT molecular complexity index is 123. The monoisotopic (exact) mass is 158 g/mol. The van der Waals surface area contributed by atoms with Crippen molar-refractivity contribution in [2.45, 2.75) is 33.2 Å². The van der Waals surface area contributed by atoms with E-state index in [1.807, 2.05) is 13.8 Å². The van der Waals surface area contributed by atoms with Crippen LogP contribution in [0, 0.1) is 5.92 Å². The molecular formula is C8H18N2O. The molecule has 11 heavy (non-hydrogen) atoms. The molecule has 3 N–H and O–H groups in total.